The first kappa shape index (κ1) is 17.0. The maximum atomic E-state index is 12.4. The van der Waals surface area contributed by atoms with Gasteiger partial charge in [0.2, 0.25) is 0 Å². The second-order valence-electron chi connectivity index (χ2n) is 6.27. The van der Waals surface area contributed by atoms with Gasteiger partial charge in [0.25, 0.3) is 0 Å². The molecule has 0 fully saturated rings. The maximum absolute atomic E-state index is 12.4. The van der Waals surface area contributed by atoms with Crippen molar-refractivity contribution < 1.29 is 19.1 Å². The van der Waals surface area contributed by atoms with E-state index in [-0.39, 0.29) is 0 Å². The summed E-state index contributed by atoms with van der Waals surface area (Å²) >= 11 is 0. The topological polar surface area (TPSA) is 83.5 Å². The number of carbonyl (C=O) groups is 2. The normalized spacial score (nSPS) is 11.5. The molecular weight excluding hydrogens is 296 g/mol. The minimum absolute atomic E-state index is 0.421. The molecule has 0 aliphatic rings. The molecule has 2 aromatic rings. The van der Waals surface area contributed by atoms with E-state index in [1.165, 1.54) is 11.7 Å². The molecule has 0 amide bonds. The van der Waals surface area contributed by atoms with E-state index in [2.05, 4.69) is 0 Å². The van der Waals surface area contributed by atoms with Crippen molar-refractivity contribution in [2.24, 2.45) is 5.73 Å². The van der Waals surface area contributed by atoms with E-state index in [1.54, 1.807) is 24.4 Å². The third kappa shape index (κ3) is 3.71. The summed E-state index contributed by atoms with van der Waals surface area (Å²) in [5, 5.41) is 0.796. The molecule has 0 aliphatic carbocycles. The number of methoxy groups -OCH3 is 1. The Morgan fingerprint density at radius 3 is 2.52 bits per heavy atom. The average molecular weight is 318 g/mol. The number of fused-ring (bicyclic) bond motifs is 1. The molecule has 1 heterocycles. The quantitative estimate of drug-likeness (QED) is 0.880. The van der Waals surface area contributed by atoms with Crippen LogP contribution in [0.1, 0.15) is 36.7 Å². The van der Waals surface area contributed by atoms with Gasteiger partial charge in [-0.25, -0.2) is 9.59 Å². The zero-order valence-electron chi connectivity index (χ0n) is 13.9. The van der Waals surface area contributed by atoms with Crippen molar-refractivity contribution in [2.45, 2.75) is 32.8 Å². The van der Waals surface area contributed by atoms with Crippen molar-refractivity contribution in [2.75, 3.05) is 13.7 Å². The van der Waals surface area contributed by atoms with Crippen LogP contribution in [0.3, 0.4) is 0 Å². The van der Waals surface area contributed by atoms with E-state index in [0.717, 1.165) is 10.9 Å². The second kappa shape index (κ2) is 6.42. The summed E-state index contributed by atoms with van der Waals surface area (Å²) in [5.74, 6) is -0.421. The van der Waals surface area contributed by atoms with Gasteiger partial charge in [0, 0.05) is 11.6 Å². The minimum atomic E-state index is -0.590. The lowest BCUT2D eigenvalue weighted by atomic mass is 10.1. The molecule has 1 aromatic heterocycles. The van der Waals surface area contributed by atoms with Gasteiger partial charge in [-0.3, -0.25) is 4.57 Å². The van der Waals surface area contributed by atoms with Crippen molar-refractivity contribution in [3.63, 3.8) is 0 Å². The molecule has 0 spiro atoms. The van der Waals surface area contributed by atoms with E-state index >= 15 is 0 Å². The first-order chi connectivity index (χ1) is 10.8. The predicted octanol–water partition coefficient (Wildman–Crippen LogP) is 2.71. The molecular formula is C17H22N2O4. The van der Waals surface area contributed by atoms with E-state index in [1.807, 2.05) is 20.8 Å². The van der Waals surface area contributed by atoms with Crippen molar-refractivity contribution in [3.05, 3.63) is 35.5 Å². The summed E-state index contributed by atoms with van der Waals surface area (Å²) in [6.45, 7) is 5.88. The number of aromatic nitrogens is 1. The summed E-state index contributed by atoms with van der Waals surface area (Å²) in [6, 6.07) is 5.06. The summed E-state index contributed by atoms with van der Waals surface area (Å²) in [5.41, 5.74) is 7.05. The molecule has 124 valence electrons. The molecule has 6 nitrogen and oxygen atoms in total. The molecule has 1 aromatic carbocycles. The predicted molar refractivity (Wildman–Crippen MR) is 87.7 cm³/mol. The summed E-state index contributed by atoms with van der Waals surface area (Å²) < 4.78 is 11.6. The van der Waals surface area contributed by atoms with Gasteiger partial charge in [-0.15, -0.1) is 0 Å². The largest absolute Gasteiger partial charge is 0.465 e. The number of nitrogens with zero attached hydrogens (tertiary/aromatic N) is 1. The minimum Gasteiger partial charge on any atom is -0.465 e. The van der Waals surface area contributed by atoms with Crippen LogP contribution >= 0.6 is 0 Å². The van der Waals surface area contributed by atoms with Crippen molar-refractivity contribution in [1.82, 2.24) is 4.57 Å². The Hall–Kier alpha value is -2.34. The van der Waals surface area contributed by atoms with Crippen LogP contribution < -0.4 is 5.73 Å². The molecule has 0 radical (unpaired) electrons. The Balaban J connectivity index is 2.54. The van der Waals surface area contributed by atoms with Gasteiger partial charge >= 0.3 is 12.1 Å². The summed E-state index contributed by atoms with van der Waals surface area (Å²) in [7, 11) is 1.33. The van der Waals surface area contributed by atoms with Crippen molar-refractivity contribution in [1.29, 1.82) is 0 Å². The second-order valence-corrected chi connectivity index (χ2v) is 6.27. The lowest BCUT2D eigenvalue weighted by Crippen LogP contribution is -2.26. The van der Waals surface area contributed by atoms with Gasteiger partial charge in [0.1, 0.15) is 5.60 Å². The smallest absolute Gasteiger partial charge is 0.419 e. The number of hydrogen-bond acceptors (Lipinski definition) is 5. The van der Waals surface area contributed by atoms with Gasteiger partial charge in [0.05, 0.1) is 18.2 Å². The molecule has 2 rings (SSSR count). The van der Waals surface area contributed by atoms with Crippen LogP contribution in [0.2, 0.25) is 0 Å². The van der Waals surface area contributed by atoms with E-state index in [0.29, 0.717) is 24.0 Å². The van der Waals surface area contributed by atoms with Gasteiger partial charge in [-0.2, -0.15) is 0 Å². The van der Waals surface area contributed by atoms with E-state index < -0.39 is 17.7 Å². The van der Waals surface area contributed by atoms with Crippen LogP contribution in [0.5, 0.6) is 0 Å². The number of rotatable bonds is 3. The highest BCUT2D eigenvalue weighted by Gasteiger charge is 2.21. The van der Waals surface area contributed by atoms with Gasteiger partial charge in [-0.1, -0.05) is 0 Å². The molecule has 0 unspecified atom stereocenters. The molecule has 0 aliphatic heterocycles. The summed E-state index contributed by atoms with van der Waals surface area (Å²) in [4.78, 5) is 24.1. The molecule has 0 bridgehead atoms. The molecule has 6 heteroatoms. The first-order valence-electron chi connectivity index (χ1n) is 7.42. The zero-order chi connectivity index (χ0) is 17.2. The van der Waals surface area contributed by atoms with Crippen LogP contribution in [-0.4, -0.2) is 35.9 Å². The first-order valence-corrected chi connectivity index (χ1v) is 7.42. The molecule has 0 saturated heterocycles. The van der Waals surface area contributed by atoms with Crippen LogP contribution in [0.4, 0.5) is 4.79 Å². The SMILES string of the molecule is COC(=O)c1ccc2c(c1)c(CCN)cn2C(=O)OC(C)(C)C. The lowest BCUT2D eigenvalue weighted by Gasteiger charge is -2.19. The monoisotopic (exact) mass is 318 g/mol. The van der Waals surface area contributed by atoms with Crippen molar-refractivity contribution >= 4 is 23.0 Å². The van der Waals surface area contributed by atoms with Gasteiger partial charge in [-0.05, 0) is 57.5 Å². The number of esters is 1. The Bertz CT molecular complexity index is 741. The number of ether oxygens (including phenoxy) is 2. The van der Waals surface area contributed by atoms with Gasteiger partial charge in [0.15, 0.2) is 0 Å². The van der Waals surface area contributed by atoms with Crippen LogP contribution in [0, 0.1) is 0 Å². The fourth-order valence-corrected chi connectivity index (χ4v) is 2.36. The molecule has 2 N–H and O–H groups in total. The number of benzene rings is 1. The van der Waals surface area contributed by atoms with E-state index in [9.17, 15) is 9.59 Å². The van der Waals surface area contributed by atoms with Crippen LogP contribution in [0.15, 0.2) is 24.4 Å². The highest BCUT2D eigenvalue weighted by molar-refractivity contribution is 5.98. The number of carbonyl (C=O) groups excluding carboxylic acids is 2. The lowest BCUT2D eigenvalue weighted by molar-refractivity contribution is 0.0543. The number of hydrogen-bond donors (Lipinski definition) is 1. The van der Waals surface area contributed by atoms with Crippen LogP contribution in [0.25, 0.3) is 10.9 Å². The Labute approximate surface area is 135 Å². The van der Waals surface area contributed by atoms with Crippen molar-refractivity contribution in [3.8, 4) is 0 Å². The van der Waals surface area contributed by atoms with Gasteiger partial charge < -0.3 is 15.2 Å². The number of nitrogens with two attached hydrogens (primary N) is 1. The standard InChI is InChI=1S/C17H22N2O4/c1-17(2,3)23-16(21)19-10-12(7-8-18)13-9-11(15(20)22-4)5-6-14(13)19/h5-6,9-10H,7-8,18H2,1-4H3. The molecule has 23 heavy (non-hydrogen) atoms. The Morgan fingerprint density at radius 2 is 1.96 bits per heavy atom. The highest BCUT2D eigenvalue weighted by atomic mass is 16.6. The fraction of sp³-hybridized carbons (Fsp3) is 0.412. The summed E-state index contributed by atoms with van der Waals surface area (Å²) in [6.07, 6.45) is 1.85. The molecule has 0 atom stereocenters. The highest BCUT2D eigenvalue weighted by Crippen LogP contribution is 2.25. The Morgan fingerprint density at radius 1 is 1.26 bits per heavy atom. The van der Waals surface area contributed by atoms with Crippen LogP contribution in [-0.2, 0) is 15.9 Å². The maximum Gasteiger partial charge on any atom is 0.419 e. The third-order valence-corrected chi connectivity index (χ3v) is 3.31. The average Bonchev–Trinajstić information content (AvgIpc) is 2.83. The third-order valence-electron chi connectivity index (χ3n) is 3.31. The molecule has 0 saturated carbocycles. The Kier molecular flexibility index (Phi) is 4.75. The fourth-order valence-electron chi connectivity index (χ4n) is 2.36. The zero-order valence-corrected chi connectivity index (χ0v) is 13.9. The van der Waals surface area contributed by atoms with E-state index in [4.69, 9.17) is 15.2 Å².